The van der Waals surface area contributed by atoms with E-state index in [4.69, 9.17) is 0 Å². The molecule has 0 aromatic carbocycles. The number of nitrogens with zero attached hydrogens (tertiary/aromatic N) is 4. The Balaban J connectivity index is 1.57. The SMILES string of the molecule is Cn1c(C(=O)NCc2cn3ccsc3n2)c2n(c1=O)CCCC2. The van der Waals surface area contributed by atoms with Crippen LogP contribution in [0, 0.1) is 0 Å². The zero-order valence-corrected chi connectivity index (χ0v) is 13.6. The summed E-state index contributed by atoms with van der Waals surface area (Å²) in [4.78, 5) is 30.1. The van der Waals surface area contributed by atoms with Gasteiger partial charge in [-0.05, 0) is 19.3 Å². The van der Waals surface area contributed by atoms with Crippen LogP contribution in [-0.2, 0) is 26.6 Å². The Morgan fingerprint density at radius 3 is 3.13 bits per heavy atom. The summed E-state index contributed by atoms with van der Waals surface area (Å²) in [5.74, 6) is -0.211. The summed E-state index contributed by atoms with van der Waals surface area (Å²) in [5.41, 5.74) is 2.04. The van der Waals surface area contributed by atoms with Gasteiger partial charge in [0.2, 0.25) is 0 Å². The van der Waals surface area contributed by atoms with E-state index >= 15 is 0 Å². The summed E-state index contributed by atoms with van der Waals surface area (Å²) in [5, 5.41) is 4.85. The minimum Gasteiger partial charge on any atom is -0.345 e. The fraction of sp³-hybridized carbons (Fsp3) is 0.400. The molecule has 4 rings (SSSR count). The van der Waals surface area contributed by atoms with E-state index in [1.165, 1.54) is 4.57 Å². The minimum atomic E-state index is -0.211. The second-order valence-electron chi connectivity index (χ2n) is 5.75. The van der Waals surface area contributed by atoms with Gasteiger partial charge in [-0.25, -0.2) is 9.78 Å². The Hall–Kier alpha value is -2.35. The third-order valence-electron chi connectivity index (χ3n) is 4.29. The highest BCUT2D eigenvalue weighted by molar-refractivity contribution is 7.15. The van der Waals surface area contributed by atoms with Crippen molar-refractivity contribution in [3.8, 4) is 0 Å². The molecular formula is C15H17N5O2S. The number of carbonyl (C=O) groups is 1. The van der Waals surface area contributed by atoms with Gasteiger partial charge in [0.15, 0.2) is 4.96 Å². The van der Waals surface area contributed by atoms with E-state index in [9.17, 15) is 9.59 Å². The van der Waals surface area contributed by atoms with Crippen LogP contribution >= 0.6 is 11.3 Å². The average Bonchev–Trinajstić information content (AvgIpc) is 3.19. The maximum absolute atomic E-state index is 12.6. The van der Waals surface area contributed by atoms with Crippen molar-refractivity contribution < 1.29 is 4.79 Å². The molecule has 1 aliphatic rings. The number of rotatable bonds is 3. The lowest BCUT2D eigenvalue weighted by Crippen LogP contribution is -2.28. The fourth-order valence-electron chi connectivity index (χ4n) is 3.16. The smallest absolute Gasteiger partial charge is 0.328 e. The summed E-state index contributed by atoms with van der Waals surface area (Å²) < 4.78 is 5.12. The molecule has 0 unspecified atom stereocenters. The molecule has 0 fully saturated rings. The van der Waals surface area contributed by atoms with Crippen LogP contribution in [0.1, 0.15) is 34.7 Å². The highest BCUT2D eigenvalue weighted by Gasteiger charge is 2.24. The number of thiazole rings is 1. The Morgan fingerprint density at radius 1 is 1.43 bits per heavy atom. The van der Waals surface area contributed by atoms with E-state index < -0.39 is 0 Å². The summed E-state index contributed by atoms with van der Waals surface area (Å²) >= 11 is 1.55. The van der Waals surface area contributed by atoms with Crippen LogP contribution in [0.5, 0.6) is 0 Å². The first-order chi connectivity index (χ1) is 11.1. The van der Waals surface area contributed by atoms with Gasteiger partial charge in [-0.15, -0.1) is 11.3 Å². The number of carbonyl (C=O) groups excluding carboxylic acids is 1. The van der Waals surface area contributed by atoms with Gasteiger partial charge in [0, 0.05) is 31.4 Å². The second kappa shape index (κ2) is 5.38. The molecule has 8 heteroatoms. The Labute approximate surface area is 136 Å². The molecule has 1 N–H and O–H groups in total. The molecule has 0 bridgehead atoms. The molecule has 0 atom stereocenters. The molecule has 0 saturated heterocycles. The molecule has 3 aromatic heterocycles. The van der Waals surface area contributed by atoms with E-state index in [-0.39, 0.29) is 11.6 Å². The number of hydrogen-bond acceptors (Lipinski definition) is 4. The first-order valence-electron chi connectivity index (χ1n) is 7.63. The number of aromatic nitrogens is 4. The van der Waals surface area contributed by atoms with Crippen LogP contribution in [0.25, 0.3) is 4.96 Å². The van der Waals surface area contributed by atoms with E-state index in [1.54, 1.807) is 23.0 Å². The lowest BCUT2D eigenvalue weighted by Gasteiger charge is -2.14. The quantitative estimate of drug-likeness (QED) is 0.783. The van der Waals surface area contributed by atoms with Gasteiger partial charge in [-0.3, -0.25) is 18.3 Å². The molecule has 0 radical (unpaired) electrons. The van der Waals surface area contributed by atoms with Crippen molar-refractivity contribution in [1.82, 2.24) is 23.8 Å². The van der Waals surface area contributed by atoms with Gasteiger partial charge in [0.25, 0.3) is 5.91 Å². The fourth-order valence-corrected chi connectivity index (χ4v) is 3.88. The van der Waals surface area contributed by atoms with E-state index in [1.807, 2.05) is 22.2 Å². The molecule has 1 aliphatic heterocycles. The summed E-state index contributed by atoms with van der Waals surface area (Å²) in [6, 6.07) is 0. The van der Waals surface area contributed by atoms with Crippen LogP contribution in [0.15, 0.2) is 22.6 Å². The lowest BCUT2D eigenvalue weighted by molar-refractivity contribution is 0.0940. The molecule has 3 aromatic rings. The van der Waals surface area contributed by atoms with Crippen molar-refractivity contribution in [2.75, 3.05) is 0 Å². The van der Waals surface area contributed by atoms with Gasteiger partial charge >= 0.3 is 5.69 Å². The van der Waals surface area contributed by atoms with Crippen LogP contribution < -0.4 is 11.0 Å². The van der Waals surface area contributed by atoms with Gasteiger partial charge < -0.3 is 5.32 Å². The summed E-state index contributed by atoms with van der Waals surface area (Å²) in [7, 11) is 1.66. The van der Waals surface area contributed by atoms with Crippen LogP contribution in [0.2, 0.25) is 0 Å². The molecular weight excluding hydrogens is 314 g/mol. The van der Waals surface area contributed by atoms with Crippen molar-refractivity contribution >= 4 is 22.2 Å². The largest absolute Gasteiger partial charge is 0.345 e. The van der Waals surface area contributed by atoms with Crippen molar-refractivity contribution in [2.24, 2.45) is 7.05 Å². The Bertz CT molecular complexity index is 917. The third-order valence-corrected chi connectivity index (χ3v) is 5.06. The van der Waals surface area contributed by atoms with Crippen molar-refractivity contribution in [3.63, 3.8) is 0 Å². The number of nitrogens with one attached hydrogen (secondary N) is 1. The highest BCUT2D eigenvalue weighted by Crippen LogP contribution is 2.17. The third kappa shape index (κ3) is 2.29. The maximum Gasteiger partial charge on any atom is 0.328 e. The number of hydrogen-bond donors (Lipinski definition) is 1. The van der Waals surface area contributed by atoms with Crippen molar-refractivity contribution in [1.29, 1.82) is 0 Å². The Morgan fingerprint density at radius 2 is 2.30 bits per heavy atom. The van der Waals surface area contributed by atoms with Crippen molar-refractivity contribution in [2.45, 2.75) is 32.4 Å². The normalized spacial score (nSPS) is 14.1. The standard InChI is InChI=1S/C15H17N5O2S/c1-18-12(11-4-2-3-5-20(11)15(18)22)13(21)16-8-10-9-19-6-7-23-14(19)17-10/h6-7,9H,2-5,8H2,1H3,(H,16,21). The number of fused-ring (bicyclic) bond motifs is 2. The van der Waals surface area contributed by atoms with Gasteiger partial charge in [-0.2, -0.15) is 0 Å². The topological polar surface area (TPSA) is 73.3 Å². The maximum atomic E-state index is 12.6. The predicted octanol–water partition coefficient (Wildman–Crippen LogP) is 1.16. The number of imidazole rings is 2. The molecule has 7 nitrogen and oxygen atoms in total. The van der Waals surface area contributed by atoms with Gasteiger partial charge in [0.1, 0.15) is 5.69 Å². The van der Waals surface area contributed by atoms with E-state index in [2.05, 4.69) is 10.3 Å². The number of amides is 1. The predicted molar refractivity (Wildman–Crippen MR) is 86.9 cm³/mol. The summed E-state index contributed by atoms with van der Waals surface area (Å²) in [6.07, 6.45) is 6.62. The Kier molecular flexibility index (Phi) is 3.33. The molecule has 0 spiro atoms. The van der Waals surface area contributed by atoms with E-state index in [0.717, 1.165) is 35.6 Å². The highest BCUT2D eigenvalue weighted by atomic mass is 32.1. The molecule has 4 heterocycles. The van der Waals surface area contributed by atoms with Crippen LogP contribution in [-0.4, -0.2) is 24.4 Å². The van der Waals surface area contributed by atoms with Gasteiger partial charge in [-0.1, -0.05) is 0 Å². The average molecular weight is 331 g/mol. The summed E-state index contributed by atoms with van der Waals surface area (Å²) in [6.45, 7) is 1.05. The molecule has 23 heavy (non-hydrogen) atoms. The first kappa shape index (κ1) is 14.3. The first-order valence-corrected chi connectivity index (χ1v) is 8.51. The zero-order valence-electron chi connectivity index (χ0n) is 12.8. The molecule has 1 amide bonds. The molecule has 0 saturated carbocycles. The zero-order chi connectivity index (χ0) is 16.0. The van der Waals surface area contributed by atoms with E-state index in [0.29, 0.717) is 18.8 Å². The molecule has 120 valence electrons. The van der Waals surface area contributed by atoms with Crippen LogP contribution in [0.3, 0.4) is 0 Å². The minimum absolute atomic E-state index is 0.104. The monoisotopic (exact) mass is 331 g/mol. The van der Waals surface area contributed by atoms with Gasteiger partial charge in [0.05, 0.1) is 17.9 Å². The second-order valence-corrected chi connectivity index (χ2v) is 6.63. The van der Waals surface area contributed by atoms with Crippen molar-refractivity contribution in [3.05, 3.63) is 45.3 Å². The molecule has 0 aliphatic carbocycles. The lowest BCUT2D eigenvalue weighted by atomic mass is 10.1. The van der Waals surface area contributed by atoms with Crippen LogP contribution in [0.4, 0.5) is 0 Å².